The molecule has 0 saturated carbocycles. The van der Waals surface area contributed by atoms with Crippen LogP contribution in [0.2, 0.25) is 0 Å². The van der Waals surface area contributed by atoms with Crippen LogP contribution in [0.15, 0.2) is 91.6 Å². The van der Waals surface area contributed by atoms with Gasteiger partial charge in [-0.25, -0.2) is 9.59 Å². The molecular formula is C20H12O4. The van der Waals surface area contributed by atoms with Crippen molar-refractivity contribution in [1.82, 2.24) is 0 Å². The lowest BCUT2D eigenvalue weighted by Gasteiger charge is -2.10. The fraction of sp³-hybridized carbons (Fsp3) is 0. The molecule has 4 nitrogen and oxygen atoms in total. The molecule has 0 aliphatic rings. The molecule has 2 aromatic carbocycles. The molecule has 116 valence electrons. The highest BCUT2D eigenvalue weighted by atomic mass is 16.4. The molecule has 24 heavy (non-hydrogen) atoms. The third-order valence-corrected chi connectivity index (χ3v) is 3.95. The zero-order valence-corrected chi connectivity index (χ0v) is 12.6. The van der Waals surface area contributed by atoms with Crippen LogP contribution < -0.4 is 11.3 Å². The van der Waals surface area contributed by atoms with E-state index in [0.29, 0.717) is 0 Å². The maximum absolute atomic E-state index is 11.2. The van der Waals surface area contributed by atoms with Gasteiger partial charge < -0.3 is 8.83 Å². The molecule has 0 fully saturated rings. The van der Waals surface area contributed by atoms with Crippen LogP contribution in [-0.2, 0) is 0 Å². The number of hydrogen-bond acceptors (Lipinski definition) is 4. The highest BCUT2D eigenvalue weighted by molar-refractivity contribution is 6.04. The second-order valence-corrected chi connectivity index (χ2v) is 5.39. The van der Waals surface area contributed by atoms with E-state index in [9.17, 15) is 9.59 Å². The van der Waals surface area contributed by atoms with Gasteiger partial charge in [-0.05, 0) is 34.0 Å². The third-order valence-electron chi connectivity index (χ3n) is 3.95. The van der Waals surface area contributed by atoms with Crippen molar-refractivity contribution in [1.29, 1.82) is 0 Å². The summed E-state index contributed by atoms with van der Waals surface area (Å²) in [6.07, 6.45) is 2.93. The Bertz CT molecular complexity index is 1020. The Morgan fingerprint density at radius 3 is 1.38 bits per heavy atom. The summed E-state index contributed by atoms with van der Waals surface area (Å²) >= 11 is 0. The predicted octanol–water partition coefficient (Wildman–Crippen LogP) is 4.08. The molecule has 0 atom stereocenters. The molecule has 2 aromatic heterocycles. The van der Waals surface area contributed by atoms with Gasteiger partial charge in [0.2, 0.25) is 0 Å². The number of benzene rings is 2. The van der Waals surface area contributed by atoms with E-state index in [0.717, 1.165) is 33.0 Å². The lowest BCUT2D eigenvalue weighted by Crippen LogP contribution is -1.95. The summed E-state index contributed by atoms with van der Waals surface area (Å²) in [5.41, 5.74) is 2.85. The fourth-order valence-corrected chi connectivity index (χ4v) is 2.84. The highest BCUT2D eigenvalue weighted by Crippen LogP contribution is 2.34. The van der Waals surface area contributed by atoms with Crippen molar-refractivity contribution >= 4 is 10.8 Å². The Morgan fingerprint density at radius 1 is 0.542 bits per heavy atom. The van der Waals surface area contributed by atoms with Crippen LogP contribution in [0.3, 0.4) is 0 Å². The average Bonchev–Trinajstić information content (AvgIpc) is 2.62. The van der Waals surface area contributed by atoms with Crippen molar-refractivity contribution in [3.05, 3.63) is 94.0 Å². The van der Waals surface area contributed by atoms with Gasteiger partial charge in [-0.15, -0.1) is 0 Å². The standard InChI is InChI=1S/C20H12O4/c21-19-9-7-13(11-23-19)15-3-1-5-17-16(4-2-6-18(15)17)14-8-10-20(22)24-12-14/h1-12H. The van der Waals surface area contributed by atoms with Gasteiger partial charge in [0, 0.05) is 23.3 Å². The Hall–Kier alpha value is -3.40. The SMILES string of the molecule is O=c1ccc(-c2cccc3c(-c4ccc(=O)oc4)cccc23)co1. The summed E-state index contributed by atoms with van der Waals surface area (Å²) in [4.78, 5) is 22.4. The summed E-state index contributed by atoms with van der Waals surface area (Å²) in [5, 5.41) is 2.05. The van der Waals surface area contributed by atoms with E-state index < -0.39 is 0 Å². The van der Waals surface area contributed by atoms with Crippen molar-refractivity contribution in [3.63, 3.8) is 0 Å². The summed E-state index contributed by atoms with van der Waals surface area (Å²) in [7, 11) is 0. The minimum atomic E-state index is -0.376. The molecule has 0 N–H and O–H groups in total. The fourth-order valence-electron chi connectivity index (χ4n) is 2.84. The molecule has 2 heterocycles. The third kappa shape index (κ3) is 2.44. The predicted molar refractivity (Wildman–Crippen MR) is 91.9 cm³/mol. The quantitative estimate of drug-likeness (QED) is 0.559. The van der Waals surface area contributed by atoms with E-state index in [1.165, 1.54) is 24.7 Å². The molecule has 0 bridgehead atoms. The lowest BCUT2D eigenvalue weighted by molar-refractivity contribution is 0.512. The van der Waals surface area contributed by atoms with E-state index in [2.05, 4.69) is 0 Å². The molecule has 4 heteroatoms. The van der Waals surface area contributed by atoms with Crippen molar-refractivity contribution < 1.29 is 8.83 Å². The van der Waals surface area contributed by atoms with Gasteiger partial charge >= 0.3 is 11.3 Å². The monoisotopic (exact) mass is 316 g/mol. The van der Waals surface area contributed by atoms with Gasteiger partial charge in [-0.2, -0.15) is 0 Å². The van der Waals surface area contributed by atoms with Gasteiger partial charge in [-0.3, -0.25) is 0 Å². The molecule has 0 radical (unpaired) electrons. The minimum Gasteiger partial charge on any atom is -0.431 e. The van der Waals surface area contributed by atoms with E-state index >= 15 is 0 Å². The van der Waals surface area contributed by atoms with Crippen LogP contribution in [0, 0.1) is 0 Å². The summed E-state index contributed by atoms with van der Waals surface area (Å²) < 4.78 is 9.97. The topological polar surface area (TPSA) is 60.4 Å². The number of fused-ring (bicyclic) bond motifs is 1. The van der Waals surface area contributed by atoms with Crippen LogP contribution in [-0.4, -0.2) is 0 Å². The van der Waals surface area contributed by atoms with Gasteiger partial charge in [0.05, 0.1) is 0 Å². The molecule has 4 aromatic rings. The zero-order chi connectivity index (χ0) is 16.5. The molecule has 0 unspecified atom stereocenters. The zero-order valence-electron chi connectivity index (χ0n) is 12.6. The van der Waals surface area contributed by atoms with E-state index in [1.807, 2.05) is 36.4 Å². The van der Waals surface area contributed by atoms with Crippen molar-refractivity contribution in [3.8, 4) is 22.3 Å². The Morgan fingerprint density at radius 2 is 1.00 bits per heavy atom. The first-order valence-corrected chi connectivity index (χ1v) is 7.42. The Balaban J connectivity index is 1.97. The van der Waals surface area contributed by atoms with Crippen molar-refractivity contribution in [2.24, 2.45) is 0 Å². The molecule has 0 spiro atoms. The molecule has 4 rings (SSSR count). The Labute approximate surface area is 136 Å². The molecule has 0 saturated heterocycles. The van der Waals surface area contributed by atoms with E-state index in [1.54, 1.807) is 12.1 Å². The van der Waals surface area contributed by atoms with Gasteiger partial charge in [0.15, 0.2) is 0 Å². The Kier molecular flexibility index (Phi) is 3.35. The first-order chi connectivity index (χ1) is 11.7. The smallest absolute Gasteiger partial charge is 0.335 e. The van der Waals surface area contributed by atoms with Crippen LogP contribution in [0.25, 0.3) is 33.0 Å². The largest absolute Gasteiger partial charge is 0.431 e. The van der Waals surface area contributed by atoms with Crippen LogP contribution >= 0.6 is 0 Å². The maximum atomic E-state index is 11.2. The summed E-state index contributed by atoms with van der Waals surface area (Å²) in [6, 6.07) is 18.2. The average molecular weight is 316 g/mol. The van der Waals surface area contributed by atoms with E-state index in [-0.39, 0.29) is 11.3 Å². The lowest BCUT2D eigenvalue weighted by atomic mass is 9.94. The molecular weight excluding hydrogens is 304 g/mol. The van der Waals surface area contributed by atoms with Gasteiger partial charge in [-0.1, -0.05) is 36.4 Å². The van der Waals surface area contributed by atoms with Crippen LogP contribution in [0.5, 0.6) is 0 Å². The summed E-state index contributed by atoms with van der Waals surface area (Å²) in [6.45, 7) is 0. The maximum Gasteiger partial charge on any atom is 0.335 e. The van der Waals surface area contributed by atoms with Crippen molar-refractivity contribution in [2.45, 2.75) is 0 Å². The molecule has 0 amide bonds. The van der Waals surface area contributed by atoms with Gasteiger partial charge in [0.25, 0.3) is 0 Å². The number of hydrogen-bond donors (Lipinski definition) is 0. The van der Waals surface area contributed by atoms with Crippen LogP contribution in [0.4, 0.5) is 0 Å². The minimum absolute atomic E-state index is 0.376. The first-order valence-electron chi connectivity index (χ1n) is 7.42. The normalized spacial score (nSPS) is 10.8. The van der Waals surface area contributed by atoms with Crippen LogP contribution in [0.1, 0.15) is 0 Å². The van der Waals surface area contributed by atoms with E-state index in [4.69, 9.17) is 8.83 Å². The second-order valence-electron chi connectivity index (χ2n) is 5.39. The highest BCUT2D eigenvalue weighted by Gasteiger charge is 2.09. The summed E-state index contributed by atoms with van der Waals surface area (Å²) in [5.74, 6) is 0. The first kappa shape index (κ1) is 14.2. The second kappa shape index (κ2) is 5.66. The van der Waals surface area contributed by atoms with Crippen molar-refractivity contribution in [2.75, 3.05) is 0 Å². The number of rotatable bonds is 2. The molecule has 0 aliphatic carbocycles. The molecule has 0 aliphatic heterocycles. The van der Waals surface area contributed by atoms with Gasteiger partial charge in [0.1, 0.15) is 12.5 Å².